The Kier molecular flexibility index (Phi) is 4.83. The molecule has 18 heavy (non-hydrogen) atoms. The Morgan fingerprint density at radius 1 is 1.11 bits per heavy atom. The van der Waals surface area contributed by atoms with E-state index in [0.29, 0.717) is 0 Å². The van der Waals surface area contributed by atoms with Gasteiger partial charge in [0, 0.05) is 18.5 Å². The molecule has 1 aliphatic heterocycles. The van der Waals surface area contributed by atoms with E-state index in [1.165, 1.54) is 51.5 Å². The van der Waals surface area contributed by atoms with Gasteiger partial charge in [0.15, 0.2) is 0 Å². The molecule has 2 rings (SSSR count). The molecule has 0 aromatic heterocycles. The second-order valence-corrected chi connectivity index (χ2v) is 6.87. The van der Waals surface area contributed by atoms with E-state index >= 15 is 0 Å². The van der Waals surface area contributed by atoms with Crippen molar-refractivity contribution in [2.24, 2.45) is 17.3 Å². The average molecular weight is 251 g/mol. The predicted octanol–water partition coefficient (Wildman–Crippen LogP) is 3.50. The normalized spacial score (nSPS) is 33.9. The number of likely N-dealkylation sites (tertiary alicyclic amines) is 1. The third-order valence-corrected chi connectivity index (χ3v) is 5.31. The van der Waals surface area contributed by atoms with Crippen LogP contribution in [0.3, 0.4) is 0 Å². The summed E-state index contributed by atoms with van der Waals surface area (Å²) < 4.78 is 0. The fourth-order valence-corrected chi connectivity index (χ4v) is 3.68. The molecule has 1 saturated heterocycles. The lowest BCUT2D eigenvalue weighted by Gasteiger charge is -2.40. The third-order valence-electron chi connectivity index (χ3n) is 5.31. The molecule has 1 aliphatic carbocycles. The molecular formula is C16H29NO. The number of piperidine rings is 1. The van der Waals surface area contributed by atoms with Crippen LogP contribution < -0.4 is 0 Å². The number of carbonyl (C=O) groups is 1. The molecule has 2 heteroatoms. The van der Waals surface area contributed by atoms with E-state index < -0.39 is 0 Å². The molecule has 104 valence electrons. The SMILES string of the molecule is CC1CCN(CC2(C=O)CCCCCC2)CC1C. The molecular weight excluding hydrogens is 222 g/mol. The van der Waals surface area contributed by atoms with Crippen LogP contribution in [-0.4, -0.2) is 30.8 Å². The monoisotopic (exact) mass is 251 g/mol. The van der Waals surface area contributed by atoms with Gasteiger partial charge in [-0.2, -0.15) is 0 Å². The van der Waals surface area contributed by atoms with Crippen LogP contribution in [0.4, 0.5) is 0 Å². The lowest BCUT2D eigenvalue weighted by molar-refractivity contribution is -0.118. The molecule has 0 N–H and O–H groups in total. The maximum atomic E-state index is 11.6. The average Bonchev–Trinajstić information content (AvgIpc) is 2.60. The van der Waals surface area contributed by atoms with Crippen LogP contribution >= 0.6 is 0 Å². The summed E-state index contributed by atoms with van der Waals surface area (Å²) in [6.45, 7) is 8.13. The third kappa shape index (κ3) is 3.34. The first-order valence-electron chi connectivity index (χ1n) is 7.84. The van der Waals surface area contributed by atoms with Gasteiger partial charge in [0.1, 0.15) is 6.29 Å². The van der Waals surface area contributed by atoms with Crippen LogP contribution in [0.1, 0.15) is 58.8 Å². The van der Waals surface area contributed by atoms with Crippen molar-refractivity contribution >= 4 is 6.29 Å². The van der Waals surface area contributed by atoms with Crippen LogP contribution in [0.25, 0.3) is 0 Å². The molecule has 0 radical (unpaired) electrons. The van der Waals surface area contributed by atoms with Crippen LogP contribution in [-0.2, 0) is 4.79 Å². The van der Waals surface area contributed by atoms with Crippen molar-refractivity contribution in [1.29, 1.82) is 0 Å². The quantitative estimate of drug-likeness (QED) is 0.565. The lowest BCUT2D eigenvalue weighted by Crippen LogP contribution is -2.45. The fourth-order valence-electron chi connectivity index (χ4n) is 3.68. The van der Waals surface area contributed by atoms with E-state index in [-0.39, 0.29) is 5.41 Å². The standard InChI is InChI=1S/C16H29NO/c1-14-7-10-17(11-15(14)2)12-16(13-18)8-5-3-4-6-9-16/h13-15H,3-12H2,1-2H3. The Labute approximate surface area is 112 Å². The van der Waals surface area contributed by atoms with Crippen molar-refractivity contribution in [3.8, 4) is 0 Å². The molecule has 0 bridgehead atoms. The summed E-state index contributed by atoms with van der Waals surface area (Å²) in [5, 5.41) is 0. The van der Waals surface area contributed by atoms with E-state index in [9.17, 15) is 4.79 Å². The molecule has 2 unspecified atom stereocenters. The first-order valence-corrected chi connectivity index (χ1v) is 7.84. The van der Waals surface area contributed by atoms with Crippen molar-refractivity contribution in [2.75, 3.05) is 19.6 Å². The van der Waals surface area contributed by atoms with Crippen LogP contribution in [0.15, 0.2) is 0 Å². The number of aldehydes is 1. The van der Waals surface area contributed by atoms with Crippen LogP contribution in [0.5, 0.6) is 0 Å². The molecule has 1 heterocycles. The maximum Gasteiger partial charge on any atom is 0.127 e. The molecule has 2 aliphatic rings. The van der Waals surface area contributed by atoms with Crippen molar-refractivity contribution < 1.29 is 4.79 Å². The summed E-state index contributed by atoms with van der Waals surface area (Å²) in [6.07, 6.45) is 9.98. The van der Waals surface area contributed by atoms with Gasteiger partial charge in [0.05, 0.1) is 0 Å². The Hall–Kier alpha value is -0.370. The minimum absolute atomic E-state index is 0.0171. The van der Waals surface area contributed by atoms with Gasteiger partial charge in [-0.25, -0.2) is 0 Å². The van der Waals surface area contributed by atoms with Crippen LogP contribution in [0.2, 0.25) is 0 Å². The van der Waals surface area contributed by atoms with Gasteiger partial charge in [-0.1, -0.05) is 39.5 Å². The van der Waals surface area contributed by atoms with Gasteiger partial charge >= 0.3 is 0 Å². The Bertz CT molecular complexity index is 268. The zero-order chi connectivity index (χ0) is 13.0. The largest absolute Gasteiger partial charge is 0.303 e. The first kappa shape index (κ1) is 14.0. The van der Waals surface area contributed by atoms with Gasteiger partial charge in [0.25, 0.3) is 0 Å². The number of carbonyl (C=O) groups excluding carboxylic acids is 1. The highest BCUT2D eigenvalue weighted by Crippen LogP contribution is 2.35. The highest BCUT2D eigenvalue weighted by Gasteiger charge is 2.34. The molecule has 0 aromatic carbocycles. The molecule has 0 aromatic rings. The number of rotatable bonds is 3. The van der Waals surface area contributed by atoms with E-state index in [2.05, 4.69) is 18.7 Å². The fraction of sp³-hybridized carbons (Fsp3) is 0.938. The Morgan fingerprint density at radius 2 is 1.78 bits per heavy atom. The number of hydrogen-bond acceptors (Lipinski definition) is 2. The second kappa shape index (κ2) is 6.18. The van der Waals surface area contributed by atoms with Crippen molar-refractivity contribution in [3.63, 3.8) is 0 Å². The molecule has 1 saturated carbocycles. The predicted molar refractivity (Wildman–Crippen MR) is 75.6 cm³/mol. The summed E-state index contributed by atoms with van der Waals surface area (Å²) in [5.41, 5.74) is -0.0171. The molecule has 2 fully saturated rings. The van der Waals surface area contributed by atoms with Crippen molar-refractivity contribution in [1.82, 2.24) is 4.90 Å². The second-order valence-electron chi connectivity index (χ2n) is 6.87. The minimum atomic E-state index is -0.0171. The summed E-state index contributed by atoms with van der Waals surface area (Å²) in [6, 6.07) is 0. The Balaban J connectivity index is 1.95. The number of nitrogens with zero attached hydrogens (tertiary/aromatic N) is 1. The van der Waals surface area contributed by atoms with E-state index in [0.717, 1.165) is 31.2 Å². The lowest BCUT2D eigenvalue weighted by atomic mass is 9.80. The smallest absolute Gasteiger partial charge is 0.127 e. The highest BCUT2D eigenvalue weighted by atomic mass is 16.1. The van der Waals surface area contributed by atoms with Crippen molar-refractivity contribution in [3.05, 3.63) is 0 Å². The summed E-state index contributed by atoms with van der Waals surface area (Å²) in [7, 11) is 0. The molecule has 2 atom stereocenters. The number of hydrogen-bond donors (Lipinski definition) is 0. The first-order chi connectivity index (χ1) is 8.65. The van der Waals surface area contributed by atoms with E-state index in [4.69, 9.17) is 0 Å². The van der Waals surface area contributed by atoms with E-state index in [1.54, 1.807) is 0 Å². The van der Waals surface area contributed by atoms with Gasteiger partial charge in [-0.05, 0) is 37.6 Å². The van der Waals surface area contributed by atoms with Gasteiger partial charge in [-0.3, -0.25) is 0 Å². The van der Waals surface area contributed by atoms with Gasteiger partial charge in [-0.15, -0.1) is 0 Å². The van der Waals surface area contributed by atoms with Gasteiger partial charge < -0.3 is 9.69 Å². The van der Waals surface area contributed by atoms with Crippen LogP contribution in [0, 0.1) is 17.3 Å². The topological polar surface area (TPSA) is 20.3 Å². The summed E-state index contributed by atoms with van der Waals surface area (Å²) in [4.78, 5) is 14.2. The molecule has 0 spiro atoms. The minimum Gasteiger partial charge on any atom is -0.303 e. The van der Waals surface area contributed by atoms with Gasteiger partial charge in [0.2, 0.25) is 0 Å². The van der Waals surface area contributed by atoms with E-state index in [1.807, 2.05) is 0 Å². The maximum absolute atomic E-state index is 11.6. The molecule has 0 amide bonds. The summed E-state index contributed by atoms with van der Waals surface area (Å²) in [5.74, 6) is 1.63. The summed E-state index contributed by atoms with van der Waals surface area (Å²) >= 11 is 0. The highest BCUT2D eigenvalue weighted by molar-refractivity contribution is 5.59. The zero-order valence-corrected chi connectivity index (χ0v) is 12.2. The molecule has 2 nitrogen and oxygen atoms in total. The zero-order valence-electron chi connectivity index (χ0n) is 12.2. The van der Waals surface area contributed by atoms with Crippen molar-refractivity contribution in [2.45, 2.75) is 58.8 Å². The Morgan fingerprint density at radius 3 is 2.33 bits per heavy atom.